The van der Waals surface area contributed by atoms with Gasteiger partial charge in [-0.15, -0.1) is 0 Å². The van der Waals surface area contributed by atoms with Gasteiger partial charge in [-0.05, 0) is 69.3 Å². The smallest absolute Gasteiger partial charge is 0.163 e. The lowest BCUT2D eigenvalue weighted by molar-refractivity contribution is 0.0991. The van der Waals surface area contributed by atoms with E-state index >= 15 is 0 Å². The first-order valence-corrected chi connectivity index (χ1v) is 10.6. The monoisotopic (exact) mass is 389 g/mol. The predicted octanol–water partition coefficient (Wildman–Crippen LogP) is 3.42. The van der Waals surface area contributed by atoms with E-state index in [2.05, 4.69) is 34.0 Å². The minimum atomic E-state index is 0.0727. The molecule has 1 fully saturated rings. The molecule has 1 unspecified atom stereocenters. The molecule has 0 spiro atoms. The average Bonchev–Trinajstić information content (AvgIpc) is 3.38. The van der Waals surface area contributed by atoms with Gasteiger partial charge in [-0.2, -0.15) is 0 Å². The van der Waals surface area contributed by atoms with E-state index in [0.717, 1.165) is 65.6 Å². The number of ketones is 2. The third kappa shape index (κ3) is 3.09. The van der Waals surface area contributed by atoms with Crippen LogP contribution in [0, 0.1) is 0 Å². The van der Waals surface area contributed by atoms with Crippen LogP contribution < -0.4 is 5.32 Å². The third-order valence-electron chi connectivity index (χ3n) is 6.61. The third-order valence-corrected chi connectivity index (χ3v) is 6.61. The fourth-order valence-corrected chi connectivity index (χ4v) is 5.10. The van der Waals surface area contributed by atoms with Crippen LogP contribution in [0.15, 0.2) is 30.3 Å². The molecule has 0 amide bonds. The Bertz CT molecular complexity index is 1140. The highest BCUT2D eigenvalue weighted by molar-refractivity contribution is 6.16. The van der Waals surface area contributed by atoms with E-state index in [1.165, 1.54) is 11.9 Å². The standard InChI is InChI=1S/C24H27N3O2/c1-15(28)16-3-6-21-20(13-16)24-19-5-8-23(29)18(19)4-7-22(24)27(21)12-10-25-17-9-11-26(2)14-17/h3-4,6-7,13,17,25H,5,8-12,14H2,1-2H3. The van der Waals surface area contributed by atoms with E-state index in [4.69, 9.17) is 0 Å². The van der Waals surface area contributed by atoms with E-state index in [1.54, 1.807) is 6.92 Å². The van der Waals surface area contributed by atoms with Crippen molar-refractivity contribution in [3.05, 3.63) is 47.0 Å². The van der Waals surface area contributed by atoms with Gasteiger partial charge in [0.05, 0.1) is 0 Å². The molecule has 2 aromatic carbocycles. The van der Waals surface area contributed by atoms with Gasteiger partial charge in [0.2, 0.25) is 0 Å². The van der Waals surface area contributed by atoms with E-state index in [1.807, 2.05) is 18.2 Å². The molecule has 1 atom stereocenters. The molecule has 0 bridgehead atoms. The van der Waals surface area contributed by atoms with Gasteiger partial charge in [0.25, 0.3) is 0 Å². The molecule has 5 rings (SSSR count). The minimum Gasteiger partial charge on any atom is -0.339 e. The van der Waals surface area contributed by atoms with Gasteiger partial charge in [0.15, 0.2) is 11.6 Å². The molecule has 2 aliphatic rings. The van der Waals surface area contributed by atoms with Gasteiger partial charge in [-0.1, -0.05) is 0 Å². The highest BCUT2D eigenvalue weighted by atomic mass is 16.1. The van der Waals surface area contributed by atoms with Crippen molar-refractivity contribution in [2.75, 3.05) is 26.7 Å². The summed E-state index contributed by atoms with van der Waals surface area (Å²) in [5.74, 6) is 0.306. The Morgan fingerprint density at radius 3 is 2.76 bits per heavy atom. The van der Waals surface area contributed by atoms with Gasteiger partial charge in [-0.3, -0.25) is 9.59 Å². The molecule has 1 aliphatic carbocycles. The quantitative estimate of drug-likeness (QED) is 0.680. The van der Waals surface area contributed by atoms with E-state index in [-0.39, 0.29) is 11.6 Å². The Labute approximate surface area is 170 Å². The number of aromatic nitrogens is 1. The molecule has 0 saturated carbocycles. The second-order valence-electron chi connectivity index (χ2n) is 8.55. The maximum Gasteiger partial charge on any atom is 0.163 e. The number of nitrogens with zero attached hydrogens (tertiary/aromatic N) is 2. The van der Waals surface area contributed by atoms with Crippen LogP contribution in [0.2, 0.25) is 0 Å². The van der Waals surface area contributed by atoms with Crippen LogP contribution in [-0.4, -0.2) is 53.8 Å². The van der Waals surface area contributed by atoms with Crippen molar-refractivity contribution in [1.29, 1.82) is 0 Å². The number of fused-ring (bicyclic) bond motifs is 5. The first-order valence-electron chi connectivity index (χ1n) is 10.6. The summed E-state index contributed by atoms with van der Waals surface area (Å²) in [7, 11) is 2.17. The van der Waals surface area contributed by atoms with Crippen molar-refractivity contribution in [2.45, 2.75) is 38.8 Å². The van der Waals surface area contributed by atoms with Crippen molar-refractivity contribution in [1.82, 2.24) is 14.8 Å². The maximum absolute atomic E-state index is 12.3. The van der Waals surface area contributed by atoms with Crippen molar-refractivity contribution >= 4 is 33.4 Å². The summed E-state index contributed by atoms with van der Waals surface area (Å²) in [6.07, 6.45) is 2.58. The lowest BCUT2D eigenvalue weighted by atomic mass is 10.0. The lowest BCUT2D eigenvalue weighted by Gasteiger charge is -2.14. The van der Waals surface area contributed by atoms with Crippen LogP contribution in [0.5, 0.6) is 0 Å². The number of likely N-dealkylation sites (N-methyl/N-ethyl adjacent to an activating group) is 1. The highest BCUT2D eigenvalue weighted by Crippen LogP contribution is 2.37. The van der Waals surface area contributed by atoms with Crippen LogP contribution in [0.4, 0.5) is 0 Å². The molecule has 29 heavy (non-hydrogen) atoms. The Morgan fingerprint density at radius 1 is 1.17 bits per heavy atom. The van der Waals surface area contributed by atoms with Crippen molar-refractivity contribution in [3.63, 3.8) is 0 Å². The summed E-state index contributed by atoms with van der Waals surface area (Å²) in [6, 6.07) is 10.6. The molecular formula is C24H27N3O2. The molecule has 5 nitrogen and oxygen atoms in total. The highest BCUT2D eigenvalue weighted by Gasteiger charge is 2.25. The topological polar surface area (TPSA) is 54.3 Å². The van der Waals surface area contributed by atoms with Crippen LogP contribution >= 0.6 is 0 Å². The Morgan fingerprint density at radius 2 is 2.00 bits per heavy atom. The first kappa shape index (κ1) is 18.5. The number of rotatable bonds is 5. The van der Waals surface area contributed by atoms with E-state index < -0.39 is 0 Å². The molecule has 2 heterocycles. The Kier molecular flexibility index (Phi) is 4.52. The normalized spacial score (nSPS) is 19.5. The van der Waals surface area contributed by atoms with E-state index in [9.17, 15) is 9.59 Å². The molecule has 1 aromatic heterocycles. The molecule has 150 valence electrons. The van der Waals surface area contributed by atoms with Gasteiger partial charge in [0.1, 0.15) is 0 Å². The fraction of sp³-hybridized carbons (Fsp3) is 0.417. The molecule has 1 saturated heterocycles. The molecular weight excluding hydrogens is 362 g/mol. The fourth-order valence-electron chi connectivity index (χ4n) is 5.10. The SMILES string of the molecule is CC(=O)c1ccc2c(c1)c1c3c(ccc1n2CCNC1CCN(C)C1)C(=O)CC3. The second-order valence-corrected chi connectivity index (χ2v) is 8.55. The van der Waals surface area contributed by atoms with Crippen molar-refractivity contribution in [2.24, 2.45) is 0 Å². The first-order chi connectivity index (χ1) is 14.0. The van der Waals surface area contributed by atoms with Gasteiger partial charge in [0, 0.05) is 65.0 Å². The van der Waals surface area contributed by atoms with Gasteiger partial charge in [-0.25, -0.2) is 0 Å². The second kappa shape index (κ2) is 7.08. The number of likely N-dealkylation sites (tertiary alicyclic amines) is 1. The summed E-state index contributed by atoms with van der Waals surface area (Å²) < 4.78 is 2.35. The molecule has 1 aliphatic heterocycles. The Hall–Kier alpha value is -2.50. The van der Waals surface area contributed by atoms with Crippen LogP contribution in [0.3, 0.4) is 0 Å². The number of hydrogen-bond donors (Lipinski definition) is 1. The zero-order valence-corrected chi connectivity index (χ0v) is 17.1. The number of benzene rings is 2. The number of carbonyl (C=O) groups excluding carboxylic acids is 2. The minimum absolute atomic E-state index is 0.0727. The summed E-state index contributed by atoms with van der Waals surface area (Å²) in [4.78, 5) is 26.6. The maximum atomic E-state index is 12.3. The number of aryl methyl sites for hydroxylation is 1. The summed E-state index contributed by atoms with van der Waals surface area (Å²) in [5.41, 5.74) is 5.05. The number of nitrogens with one attached hydrogen (secondary N) is 1. The molecule has 5 heteroatoms. The summed E-state index contributed by atoms with van der Waals surface area (Å²) in [5, 5.41) is 5.95. The number of carbonyl (C=O) groups is 2. The molecule has 0 radical (unpaired) electrons. The largest absolute Gasteiger partial charge is 0.339 e. The molecule has 1 N–H and O–H groups in total. The van der Waals surface area contributed by atoms with Crippen LogP contribution in [-0.2, 0) is 13.0 Å². The van der Waals surface area contributed by atoms with Crippen molar-refractivity contribution < 1.29 is 9.59 Å². The van der Waals surface area contributed by atoms with Crippen molar-refractivity contribution in [3.8, 4) is 0 Å². The zero-order valence-electron chi connectivity index (χ0n) is 17.1. The van der Waals surface area contributed by atoms with Gasteiger partial charge < -0.3 is 14.8 Å². The summed E-state index contributed by atoms with van der Waals surface area (Å²) >= 11 is 0. The summed E-state index contributed by atoms with van der Waals surface area (Å²) in [6.45, 7) is 5.64. The predicted molar refractivity (Wildman–Crippen MR) is 116 cm³/mol. The van der Waals surface area contributed by atoms with Crippen LogP contribution in [0.1, 0.15) is 46.0 Å². The zero-order chi connectivity index (χ0) is 20.1. The average molecular weight is 389 g/mol. The lowest BCUT2D eigenvalue weighted by Crippen LogP contribution is -2.33. The van der Waals surface area contributed by atoms with Crippen LogP contribution in [0.25, 0.3) is 21.8 Å². The molecule has 3 aromatic rings. The number of hydrogen-bond acceptors (Lipinski definition) is 4. The number of Topliss-reactive ketones (excluding diaryl/α,β-unsaturated/α-hetero) is 2. The van der Waals surface area contributed by atoms with Gasteiger partial charge >= 0.3 is 0 Å². The van der Waals surface area contributed by atoms with E-state index in [0.29, 0.717) is 12.5 Å². The Balaban J connectivity index is 1.58.